The van der Waals surface area contributed by atoms with Crippen molar-refractivity contribution in [2.24, 2.45) is 0 Å². The number of benzene rings is 1. The van der Waals surface area contributed by atoms with E-state index in [0.29, 0.717) is 12.1 Å². The van der Waals surface area contributed by atoms with Crippen LogP contribution in [0.5, 0.6) is 5.75 Å². The van der Waals surface area contributed by atoms with Gasteiger partial charge in [0.2, 0.25) is 0 Å². The van der Waals surface area contributed by atoms with Gasteiger partial charge in [-0.25, -0.2) is 9.18 Å². The molecule has 1 aromatic carbocycles. The van der Waals surface area contributed by atoms with E-state index in [4.69, 9.17) is 4.74 Å². The number of imidazole rings is 1. The Morgan fingerprint density at radius 2 is 2.00 bits per heavy atom. The topological polar surface area (TPSA) is 36.2 Å². The van der Waals surface area contributed by atoms with E-state index in [2.05, 4.69) is 0 Å². The van der Waals surface area contributed by atoms with E-state index in [1.54, 1.807) is 35.2 Å². The SMILES string of the molecule is CCCn1ccn(Cc2cccc(OC)c2F)c1=O. The lowest BCUT2D eigenvalue weighted by Crippen LogP contribution is -2.24. The Balaban J connectivity index is 2.29. The van der Waals surface area contributed by atoms with Crippen LogP contribution < -0.4 is 10.4 Å². The molecule has 4 nitrogen and oxygen atoms in total. The predicted octanol–water partition coefficient (Wildman–Crippen LogP) is 2.26. The van der Waals surface area contributed by atoms with Crippen molar-refractivity contribution in [2.75, 3.05) is 7.11 Å². The highest BCUT2D eigenvalue weighted by atomic mass is 19.1. The standard InChI is InChI=1S/C14H17FN2O2/c1-3-7-16-8-9-17(14(16)18)10-11-5-4-6-12(19-2)13(11)15/h4-6,8-9H,3,7,10H2,1-2H3. The van der Waals surface area contributed by atoms with Gasteiger partial charge in [0, 0.05) is 24.5 Å². The van der Waals surface area contributed by atoms with Crippen LogP contribution in [-0.2, 0) is 13.1 Å². The zero-order valence-electron chi connectivity index (χ0n) is 11.1. The van der Waals surface area contributed by atoms with Crippen molar-refractivity contribution in [3.8, 4) is 5.75 Å². The van der Waals surface area contributed by atoms with Crippen molar-refractivity contribution in [3.05, 3.63) is 52.5 Å². The minimum absolute atomic E-state index is 0.121. The first kappa shape index (κ1) is 13.4. The summed E-state index contributed by atoms with van der Waals surface area (Å²) in [6.45, 7) is 2.89. The fourth-order valence-corrected chi connectivity index (χ4v) is 2.00. The molecule has 0 saturated carbocycles. The smallest absolute Gasteiger partial charge is 0.328 e. The second-order valence-corrected chi connectivity index (χ2v) is 4.34. The molecule has 102 valence electrons. The summed E-state index contributed by atoms with van der Waals surface area (Å²) in [5.41, 5.74) is 0.319. The lowest BCUT2D eigenvalue weighted by Gasteiger charge is -2.07. The van der Waals surface area contributed by atoms with Crippen LogP contribution in [0.3, 0.4) is 0 Å². The van der Waals surface area contributed by atoms with Crippen LogP contribution in [0, 0.1) is 5.82 Å². The molecule has 1 heterocycles. The summed E-state index contributed by atoms with van der Waals surface area (Å²) in [7, 11) is 1.42. The fraction of sp³-hybridized carbons (Fsp3) is 0.357. The molecule has 0 amide bonds. The number of halogens is 1. The van der Waals surface area contributed by atoms with Gasteiger partial charge in [-0.2, -0.15) is 0 Å². The average molecular weight is 264 g/mol. The molecule has 19 heavy (non-hydrogen) atoms. The average Bonchev–Trinajstić information content (AvgIpc) is 2.74. The van der Waals surface area contributed by atoms with Crippen molar-refractivity contribution in [2.45, 2.75) is 26.4 Å². The number of hydrogen-bond acceptors (Lipinski definition) is 2. The molecule has 1 aromatic heterocycles. The Bertz CT molecular complexity index is 616. The summed E-state index contributed by atoms with van der Waals surface area (Å²) in [6.07, 6.45) is 4.29. The van der Waals surface area contributed by atoms with Gasteiger partial charge in [0.25, 0.3) is 0 Å². The second kappa shape index (κ2) is 5.73. The molecule has 2 rings (SSSR count). The van der Waals surface area contributed by atoms with E-state index in [1.165, 1.54) is 11.7 Å². The zero-order valence-corrected chi connectivity index (χ0v) is 11.1. The molecule has 0 N–H and O–H groups in total. The highest BCUT2D eigenvalue weighted by molar-refractivity contribution is 5.31. The van der Waals surface area contributed by atoms with Crippen LogP contribution >= 0.6 is 0 Å². The third-order valence-electron chi connectivity index (χ3n) is 2.99. The first-order chi connectivity index (χ1) is 9.17. The van der Waals surface area contributed by atoms with Crippen molar-refractivity contribution in [1.82, 2.24) is 9.13 Å². The molecule has 0 saturated heterocycles. The molecule has 0 aliphatic rings. The van der Waals surface area contributed by atoms with Gasteiger partial charge in [-0.3, -0.25) is 9.13 Å². The normalized spacial score (nSPS) is 10.7. The quantitative estimate of drug-likeness (QED) is 0.830. The van der Waals surface area contributed by atoms with E-state index in [9.17, 15) is 9.18 Å². The van der Waals surface area contributed by atoms with Crippen molar-refractivity contribution >= 4 is 0 Å². The molecule has 2 aromatic rings. The first-order valence-electron chi connectivity index (χ1n) is 6.24. The molecule has 0 unspecified atom stereocenters. The maximum absolute atomic E-state index is 14.0. The van der Waals surface area contributed by atoms with Crippen molar-refractivity contribution < 1.29 is 9.13 Å². The molecule has 0 spiro atoms. The molecule has 0 radical (unpaired) electrons. The minimum atomic E-state index is -0.417. The number of aryl methyl sites for hydroxylation is 1. The van der Waals surface area contributed by atoms with E-state index in [0.717, 1.165) is 6.42 Å². The number of nitrogens with zero attached hydrogens (tertiary/aromatic N) is 2. The fourth-order valence-electron chi connectivity index (χ4n) is 2.00. The lowest BCUT2D eigenvalue weighted by atomic mass is 10.2. The largest absolute Gasteiger partial charge is 0.494 e. The molecule has 0 fully saturated rings. The summed E-state index contributed by atoms with van der Waals surface area (Å²) in [4.78, 5) is 12.0. The Kier molecular flexibility index (Phi) is 4.04. The number of ether oxygens (including phenoxy) is 1. The van der Waals surface area contributed by atoms with Gasteiger partial charge in [-0.1, -0.05) is 19.1 Å². The Labute approximate surface area is 111 Å². The van der Waals surface area contributed by atoms with Crippen LogP contribution in [0.15, 0.2) is 35.4 Å². The second-order valence-electron chi connectivity index (χ2n) is 4.34. The van der Waals surface area contributed by atoms with Gasteiger partial charge >= 0.3 is 5.69 Å². The maximum Gasteiger partial charge on any atom is 0.328 e. The summed E-state index contributed by atoms with van der Waals surface area (Å²) < 4.78 is 22.0. The predicted molar refractivity (Wildman–Crippen MR) is 71.0 cm³/mol. The third kappa shape index (κ3) is 2.70. The minimum Gasteiger partial charge on any atom is -0.494 e. The Hall–Kier alpha value is -2.04. The van der Waals surface area contributed by atoms with Gasteiger partial charge in [0.15, 0.2) is 11.6 Å². The lowest BCUT2D eigenvalue weighted by molar-refractivity contribution is 0.383. The molecule has 0 bridgehead atoms. The third-order valence-corrected chi connectivity index (χ3v) is 2.99. The molecular weight excluding hydrogens is 247 g/mol. The summed E-state index contributed by atoms with van der Waals surface area (Å²) in [5.74, 6) is -0.223. The van der Waals surface area contributed by atoms with Gasteiger partial charge < -0.3 is 4.74 Å². The van der Waals surface area contributed by atoms with E-state index < -0.39 is 5.82 Å². The zero-order chi connectivity index (χ0) is 13.8. The van der Waals surface area contributed by atoms with Crippen LogP contribution in [0.25, 0.3) is 0 Å². The number of aromatic nitrogens is 2. The van der Waals surface area contributed by atoms with Crippen LogP contribution in [-0.4, -0.2) is 16.2 Å². The number of rotatable bonds is 5. The van der Waals surface area contributed by atoms with Crippen molar-refractivity contribution in [3.63, 3.8) is 0 Å². The summed E-state index contributed by atoms with van der Waals surface area (Å²) >= 11 is 0. The number of hydrogen-bond donors (Lipinski definition) is 0. The van der Waals surface area contributed by atoms with Crippen LogP contribution in [0.2, 0.25) is 0 Å². The Morgan fingerprint density at radius 1 is 1.26 bits per heavy atom. The van der Waals surface area contributed by atoms with E-state index >= 15 is 0 Å². The van der Waals surface area contributed by atoms with E-state index in [-0.39, 0.29) is 18.0 Å². The number of methoxy groups -OCH3 is 1. The highest BCUT2D eigenvalue weighted by Gasteiger charge is 2.10. The monoisotopic (exact) mass is 264 g/mol. The van der Waals surface area contributed by atoms with Crippen LogP contribution in [0.4, 0.5) is 4.39 Å². The maximum atomic E-state index is 14.0. The van der Waals surface area contributed by atoms with Crippen molar-refractivity contribution in [1.29, 1.82) is 0 Å². The molecular formula is C14H17FN2O2. The Morgan fingerprint density at radius 3 is 2.68 bits per heavy atom. The molecule has 0 atom stereocenters. The van der Waals surface area contributed by atoms with Crippen LogP contribution in [0.1, 0.15) is 18.9 Å². The first-order valence-corrected chi connectivity index (χ1v) is 6.24. The van der Waals surface area contributed by atoms with Gasteiger partial charge in [0.1, 0.15) is 0 Å². The molecule has 0 aliphatic heterocycles. The van der Waals surface area contributed by atoms with Gasteiger partial charge in [-0.15, -0.1) is 0 Å². The van der Waals surface area contributed by atoms with E-state index in [1.807, 2.05) is 6.92 Å². The summed E-state index contributed by atoms with van der Waals surface area (Å²) in [6, 6.07) is 4.93. The highest BCUT2D eigenvalue weighted by Crippen LogP contribution is 2.20. The molecule has 0 aliphatic carbocycles. The van der Waals surface area contributed by atoms with Gasteiger partial charge in [-0.05, 0) is 12.5 Å². The summed E-state index contributed by atoms with van der Waals surface area (Å²) in [5, 5.41) is 0. The molecule has 5 heteroatoms. The van der Waals surface area contributed by atoms with Gasteiger partial charge in [0.05, 0.1) is 13.7 Å².